The van der Waals surface area contributed by atoms with Crippen molar-refractivity contribution in [3.63, 3.8) is 0 Å². The summed E-state index contributed by atoms with van der Waals surface area (Å²) < 4.78 is 57.2. The van der Waals surface area contributed by atoms with E-state index in [2.05, 4.69) is 26.6 Å². The predicted molar refractivity (Wildman–Crippen MR) is 380 cm³/mol. The number of anilines is 1. The van der Waals surface area contributed by atoms with Crippen molar-refractivity contribution >= 4 is 69.9 Å². The molecule has 0 spiro atoms. The lowest BCUT2D eigenvalue weighted by molar-refractivity contribution is -0.172. The highest BCUT2D eigenvalue weighted by atomic mass is 16.6. The molecule has 29 nitrogen and oxygen atoms in total. The third-order valence-corrected chi connectivity index (χ3v) is 18.9. The van der Waals surface area contributed by atoms with Crippen molar-refractivity contribution in [1.82, 2.24) is 35.7 Å². The molecule has 3 aromatic carbocycles. The van der Waals surface area contributed by atoms with Gasteiger partial charge in [-0.3, -0.25) is 43.3 Å². The molecular formula is C76H94N8O21. The zero-order valence-electron chi connectivity index (χ0n) is 59.9. The number of hydrogen-bond donors (Lipinski definition) is 6. The molecule has 105 heavy (non-hydrogen) atoms. The van der Waals surface area contributed by atoms with E-state index in [0.29, 0.717) is 128 Å². The van der Waals surface area contributed by atoms with E-state index in [1.54, 1.807) is 50.5 Å². The summed E-state index contributed by atoms with van der Waals surface area (Å²) in [4.78, 5) is 137. The fourth-order valence-corrected chi connectivity index (χ4v) is 13.3. The summed E-state index contributed by atoms with van der Waals surface area (Å²) >= 11 is 0. The third-order valence-electron chi connectivity index (χ3n) is 18.9. The molecule has 0 bridgehead atoms. The number of esters is 2. The summed E-state index contributed by atoms with van der Waals surface area (Å²) in [5, 5.41) is 26.3. The Kier molecular flexibility index (Phi) is 28.5. The lowest BCUT2D eigenvalue weighted by Crippen LogP contribution is -2.54. The number of benzene rings is 3. The monoisotopic (exact) mass is 1450 g/mol. The molecule has 5 aliphatic rings. The van der Waals surface area contributed by atoms with Crippen LogP contribution in [0.3, 0.4) is 0 Å². The topological polar surface area (TPSA) is 364 Å². The summed E-state index contributed by atoms with van der Waals surface area (Å²) in [5.74, 6) is -5.57. The number of hydrogen-bond acceptors (Lipinski definition) is 22. The average molecular weight is 1460 g/mol. The second-order valence-corrected chi connectivity index (χ2v) is 26.3. The number of cyclic esters (lactones) is 1. The van der Waals surface area contributed by atoms with Gasteiger partial charge < -0.3 is 83.6 Å². The van der Waals surface area contributed by atoms with E-state index in [9.17, 15) is 53.1 Å². The summed E-state index contributed by atoms with van der Waals surface area (Å²) in [7, 11) is 0. The van der Waals surface area contributed by atoms with Crippen LogP contribution in [0.1, 0.15) is 111 Å². The molecule has 7 amide bonds. The van der Waals surface area contributed by atoms with Crippen LogP contribution < -0.4 is 32.1 Å². The molecule has 0 unspecified atom stereocenters. The Labute approximate surface area is 608 Å². The lowest BCUT2D eigenvalue weighted by atomic mass is 9.85. The van der Waals surface area contributed by atoms with Crippen LogP contribution in [0.25, 0.3) is 33.4 Å². The number of fused-ring (bicyclic) bond motifs is 8. The van der Waals surface area contributed by atoms with Gasteiger partial charge >= 0.3 is 11.9 Å². The van der Waals surface area contributed by atoms with Gasteiger partial charge in [0.15, 0.2) is 5.60 Å². The molecule has 2 aliphatic carbocycles. The minimum atomic E-state index is -1.96. The number of pyridine rings is 2. The van der Waals surface area contributed by atoms with Gasteiger partial charge in [-0.25, -0.2) is 14.6 Å². The fraction of sp³-hybridized carbons (Fsp3) is 0.513. The third kappa shape index (κ3) is 20.1. The minimum absolute atomic E-state index is 0.0116. The zero-order chi connectivity index (χ0) is 74.4. The molecule has 6 N–H and O–H groups in total. The van der Waals surface area contributed by atoms with Crippen molar-refractivity contribution < 1.29 is 95.6 Å². The molecule has 5 aromatic rings. The molecule has 0 fully saturated rings. The fourth-order valence-electron chi connectivity index (χ4n) is 13.3. The first-order valence-corrected chi connectivity index (χ1v) is 36.0. The van der Waals surface area contributed by atoms with Crippen LogP contribution >= 0.6 is 0 Å². The SMILES string of the molecule is CC[C@@]1(O)C(=O)OCc2c1cc1n(c2=O)Cc2c-1nc1ccc(NC(=O)[C@H](C)NC(=O)[C@@H](NC(=O)CC[C@H](NC(=O)CCOCCOCCOCCOCCOCCOCCOCCOCCNC(=O)CCN3C(=O)C=CC3=O)C(=O)OCC3c4ccccc4-c4ccccc43)C(C)C)c3c1c2CCC3. The van der Waals surface area contributed by atoms with Gasteiger partial charge in [0.25, 0.3) is 17.4 Å². The van der Waals surface area contributed by atoms with Gasteiger partial charge in [-0.1, -0.05) is 69.3 Å². The number of imide groups is 1. The number of nitrogens with zero attached hydrogens (tertiary/aromatic N) is 3. The number of aliphatic hydroxyl groups is 1. The smallest absolute Gasteiger partial charge is 0.343 e. The first kappa shape index (κ1) is 78.4. The lowest BCUT2D eigenvalue weighted by Gasteiger charge is -2.31. The Bertz CT molecular complexity index is 4000. The van der Waals surface area contributed by atoms with Crippen molar-refractivity contribution in [1.29, 1.82) is 0 Å². The van der Waals surface area contributed by atoms with E-state index >= 15 is 0 Å². The van der Waals surface area contributed by atoms with Crippen LogP contribution in [0.5, 0.6) is 0 Å². The van der Waals surface area contributed by atoms with Gasteiger partial charge in [-0.15, -0.1) is 0 Å². The number of nitrogens with one attached hydrogen (secondary N) is 5. The van der Waals surface area contributed by atoms with Gasteiger partial charge in [0, 0.05) is 72.6 Å². The highest BCUT2D eigenvalue weighted by molar-refractivity contribution is 6.13. The number of amides is 7. The van der Waals surface area contributed by atoms with Crippen molar-refractivity contribution in [2.24, 2.45) is 5.92 Å². The molecule has 3 aliphatic heterocycles. The van der Waals surface area contributed by atoms with Crippen LogP contribution in [-0.4, -0.2) is 216 Å². The standard InChI is InChI=1S/C76H94N8O21/c1-5-76(95)58-43-62-70-55(44-84(62)73(92)57(58)46-105-75(76)94)53-15-10-16-54-59(17-18-60(80-70)68(53)54)81-71(90)48(4)78-72(91)69(47(2)3)82-64(86)20-19-61(74(93)104-45-56-51-13-8-6-11-49(51)50-12-7-9-14-52(50)56)79-65(87)24-27-96-29-31-98-33-35-100-37-39-102-41-42-103-40-38-101-36-34-99-32-30-97-28-25-77-63(85)23-26-83-66(88)21-22-67(83)89/h6-9,11-14,17-18,21-22,43,47-48,56,61,69,95H,5,10,15-16,19-20,23-42,44-46H2,1-4H3,(H,77,85)(H,78,91)(H,79,87)(H,81,90)(H,82,86)/t48-,61-,69-,76-/m0/s1. The molecule has 0 saturated carbocycles. The van der Waals surface area contributed by atoms with E-state index in [1.807, 2.05) is 48.5 Å². The number of aromatic nitrogens is 2. The minimum Gasteiger partial charge on any atom is -0.463 e. The summed E-state index contributed by atoms with van der Waals surface area (Å²) in [5.41, 5.74) is 7.21. The average Bonchev–Trinajstić information content (AvgIpc) is 1.61. The zero-order valence-corrected chi connectivity index (χ0v) is 59.9. The van der Waals surface area contributed by atoms with Crippen molar-refractivity contribution in [2.75, 3.05) is 131 Å². The van der Waals surface area contributed by atoms with Gasteiger partial charge in [0.1, 0.15) is 31.3 Å². The molecule has 5 heterocycles. The quantitative estimate of drug-likeness (QED) is 0.0180. The van der Waals surface area contributed by atoms with Crippen molar-refractivity contribution in [2.45, 2.75) is 122 Å². The van der Waals surface area contributed by atoms with Crippen molar-refractivity contribution in [3.05, 3.63) is 128 Å². The number of carbonyl (C=O) groups excluding carboxylic acids is 9. The van der Waals surface area contributed by atoms with E-state index < -0.39 is 77.0 Å². The summed E-state index contributed by atoms with van der Waals surface area (Å²) in [6.07, 6.45) is 3.90. The predicted octanol–water partition coefficient (Wildman–Crippen LogP) is 3.73. The van der Waals surface area contributed by atoms with Crippen LogP contribution in [0, 0.1) is 5.92 Å². The molecule has 2 aromatic heterocycles. The number of rotatable bonds is 44. The number of ether oxygens (including phenoxy) is 10. The highest BCUT2D eigenvalue weighted by Crippen LogP contribution is 2.46. The van der Waals surface area contributed by atoms with Gasteiger partial charge in [0.2, 0.25) is 29.5 Å². The second kappa shape index (κ2) is 38.2. The molecule has 0 saturated heterocycles. The maximum Gasteiger partial charge on any atom is 0.343 e. The van der Waals surface area contributed by atoms with Crippen LogP contribution in [0.15, 0.2) is 83.7 Å². The molecule has 564 valence electrons. The van der Waals surface area contributed by atoms with Crippen LogP contribution in [0.4, 0.5) is 5.69 Å². The molecule has 10 rings (SSSR count). The summed E-state index contributed by atoms with van der Waals surface area (Å²) in [6, 6.07) is 17.6. The molecule has 29 heteroatoms. The highest BCUT2D eigenvalue weighted by Gasteiger charge is 2.46. The van der Waals surface area contributed by atoms with Gasteiger partial charge in [0.05, 0.1) is 135 Å². The molecular weight excluding hydrogens is 1360 g/mol. The maximum absolute atomic E-state index is 14.1. The van der Waals surface area contributed by atoms with Gasteiger partial charge in [-0.05, 0) is 96.5 Å². The van der Waals surface area contributed by atoms with E-state index in [1.165, 1.54) is 12.2 Å². The Morgan fingerprint density at radius 2 is 1.19 bits per heavy atom. The Morgan fingerprint density at radius 1 is 0.629 bits per heavy atom. The largest absolute Gasteiger partial charge is 0.463 e. The summed E-state index contributed by atoms with van der Waals surface area (Å²) in [6.45, 7) is 12.1. The Balaban J connectivity index is 0.604. The number of carbonyl (C=O) groups is 9. The van der Waals surface area contributed by atoms with Crippen LogP contribution in [0.2, 0.25) is 0 Å². The maximum atomic E-state index is 14.1. The molecule has 0 radical (unpaired) electrons. The number of aryl methyl sites for hydroxylation is 2. The molecule has 4 atom stereocenters. The van der Waals surface area contributed by atoms with Gasteiger partial charge in [-0.2, -0.15) is 0 Å². The Morgan fingerprint density at radius 3 is 1.78 bits per heavy atom. The first-order chi connectivity index (χ1) is 50.9. The first-order valence-electron chi connectivity index (χ1n) is 36.0. The Hall–Kier alpha value is -9.17. The van der Waals surface area contributed by atoms with E-state index in [4.69, 9.17) is 52.4 Å². The second-order valence-electron chi connectivity index (χ2n) is 26.3. The van der Waals surface area contributed by atoms with E-state index in [-0.39, 0.29) is 107 Å². The normalized spacial score (nSPS) is 16.2. The van der Waals surface area contributed by atoms with Crippen molar-refractivity contribution in [3.8, 4) is 22.5 Å². The van der Waals surface area contributed by atoms with E-state index in [0.717, 1.165) is 55.7 Å². The van der Waals surface area contributed by atoms with Crippen LogP contribution in [-0.2, 0) is 122 Å².